The van der Waals surface area contributed by atoms with Gasteiger partial charge in [0, 0.05) is 39.7 Å². The number of halogens is 2. The minimum absolute atomic E-state index is 0.0884. The largest absolute Gasteiger partial charge is 0.462 e. The predicted molar refractivity (Wildman–Crippen MR) is 163 cm³/mol. The molecule has 0 aromatic heterocycles. The van der Waals surface area contributed by atoms with Crippen LogP contribution in [0.1, 0.15) is 75.1 Å². The zero-order valence-electron chi connectivity index (χ0n) is 25.6. The van der Waals surface area contributed by atoms with E-state index in [9.17, 15) is 24.0 Å². The molecule has 0 N–H and O–H groups in total. The van der Waals surface area contributed by atoms with Gasteiger partial charge in [0.2, 0.25) is 6.79 Å². The van der Waals surface area contributed by atoms with Crippen LogP contribution < -0.4 is 0 Å². The molecule has 244 valence electrons. The summed E-state index contributed by atoms with van der Waals surface area (Å²) < 4.78 is 25.2. The zero-order valence-corrected chi connectivity index (χ0v) is 27.1. The number of carbonyl (C=O) groups is 5. The van der Waals surface area contributed by atoms with E-state index < -0.39 is 48.8 Å². The zero-order chi connectivity index (χ0) is 33.1. The molecule has 0 radical (unpaired) electrons. The fraction of sp³-hybridized carbons (Fsp3) is 0.469. The Morgan fingerprint density at radius 1 is 0.822 bits per heavy atom. The molecule has 2 aromatic rings. The summed E-state index contributed by atoms with van der Waals surface area (Å²) in [7, 11) is 1.63. The van der Waals surface area contributed by atoms with E-state index in [1.165, 1.54) is 18.7 Å². The van der Waals surface area contributed by atoms with Gasteiger partial charge in [-0.2, -0.15) is 0 Å². The van der Waals surface area contributed by atoms with Crippen molar-refractivity contribution in [1.82, 2.24) is 4.90 Å². The molecule has 1 aliphatic carbocycles. The molecule has 45 heavy (non-hydrogen) atoms. The minimum atomic E-state index is -0.987. The van der Waals surface area contributed by atoms with Gasteiger partial charge < -0.3 is 28.6 Å². The molecule has 0 heterocycles. The topological polar surface area (TPSA) is 135 Å². The van der Waals surface area contributed by atoms with Crippen LogP contribution in [0.3, 0.4) is 0 Å². The normalized spacial score (nSPS) is 16.2. The lowest BCUT2D eigenvalue weighted by Crippen LogP contribution is -2.35. The van der Waals surface area contributed by atoms with Crippen LogP contribution in [0.15, 0.2) is 42.5 Å². The van der Waals surface area contributed by atoms with Crippen molar-refractivity contribution in [2.45, 2.75) is 64.5 Å². The maximum Gasteiger partial charge on any atom is 0.412 e. The molecule has 13 heteroatoms. The van der Waals surface area contributed by atoms with Gasteiger partial charge in [0.1, 0.15) is 13.2 Å². The lowest BCUT2D eigenvalue weighted by molar-refractivity contribution is -0.166. The maximum atomic E-state index is 12.9. The fourth-order valence-electron chi connectivity index (χ4n) is 5.09. The molecular formula is C32H37Cl2NO10. The van der Waals surface area contributed by atoms with Crippen LogP contribution in [0, 0.1) is 5.92 Å². The highest BCUT2D eigenvalue weighted by atomic mass is 35.5. The Labute approximate surface area is 272 Å². The van der Waals surface area contributed by atoms with Crippen LogP contribution in [0.2, 0.25) is 10.0 Å². The SMILES string of the molecule is CC(=O)OCC(COC(C)=O)OC(=O)CC(C)CC(=O)OCOC(=O)N(C)[C@H]1CC[C@@H](c2ccc(Cl)c(Cl)c2)c2ccccc21. The van der Waals surface area contributed by atoms with Crippen molar-refractivity contribution in [3.8, 4) is 0 Å². The molecular weight excluding hydrogens is 629 g/mol. The number of nitrogens with zero attached hydrogens (tertiary/aromatic N) is 1. The monoisotopic (exact) mass is 665 g/mol. The lowest BCUT2D eigenvalue weighted by atomic mass is 9.76. The number of benzene rings is 2. The molecule has 0 bridgehead atoms. The molecule has 0 saturated carbocycles. The third-order valence-electron chi connectivity index (χ3n) is 7.24. The molecule has 0 saturated heterocycles. The molecule has 1 unspecified atom stereocenters. The first-order valence-corrected chi connectivity index (χ1v) is 15.2. The summed E-state index contributed by atoms with van der Waals surface area (Å²) in [5.41, 5.74) is 3.11. The summed E-state index contributed by atoms with van der Waals surface area (Å²) >= 11 is 12.4. The molecule has 0 fully saturated rings. The summed E-state index contributed by atoms with van der Waals surface area (Å²) in [6, 6.07) is 13.2. The van der Waals surface area contributed by atoms with Crippen molar-refractivity contribution in [2.75, 3.05) is 27.1 Å². The van der Waals surface area contributed by atoms with E-state index in [-0.39, 0.29) is 38.0 Å². The van der Waals surface area contributed by atoms with Gasteiger partial charge in [-0.05, 0) is 47.6 Å². The fourth-order valence-corrected chi connectivity index (χ4v) is 5.40. The highest BCUT2D eigenvalue weighted by Gasteiger charge is 2.33. The standard InChI is InChI=1S/C32H37Cl2NO10/c1-19(14-31(39)45-23(16-41-20(2)36)17-42-21(3)37)13-30(38)43-18-44-32(40)35(4)29-12-10-24(25-7-5-6-8-26(25)29)22-9-11-27(33)28(34)15-22/h5-9,11,15,19,23-24,29H,10,12-14,16-18H2,1-4H3/t19?,24-,29-/m0/s1. The number of hydrogen-bond donors (Lipinski definition) is 0. The number of carbonyl (C=O) groups excluding carboxylic acids is 5. The van der Waals surface area contributed by atoms with Crippen LogP contribution in [-0.2, 0) is 42.9 Å². The first kappa shape index (κ1) is 35.6. The van der Waals surface area contributed by atoms with Crippen molar-refractivity contribution in [3.63, 3.8) is 0 Å². The summed E-state index contributed by atoms with van der Waals surface area (Å²) in [5.74, 6) is -2.91. The van der Waals surface area contributed by atoms with Crippen molar-refractivity contribution >= 4 is 53.2 Å². The summed E-state index contributed by atoms with van der Waals surface area (Å²) in [6.07, 6.45) is -0.506. The summed E-state index contributed by atoms with van der Waals surface area (Å²) in [5, 5.41) is 0.973. The van der Waals surface area contributed by atoms with Gasteiger partial charge in [0.25, 0.3) is 0 Å². The van der Waals surface area contributed by atoms with Crippen LogP contribution in [0.4, 0.5) is 4.79 Å². The number of rotatable bonds is 13. The van der Waals surface area contributed by atoms with Crippen molar-refractivity contribution in [2.24, 2.45) is 5.92 Å². The highest BCUT2D eigenvalue weighted by Crippen LogP contribution is 2.44. The van der Waals surface area contributed by atoms with Gasteiger partial charge in [0.15, 0.2) is 6.10 Å². The van der Waals surface area contributed by atoms with Crippen LogP contribution in [0.25, 0.3) is 0 Å². The van der Waals surface area contributed by atoms with Crippen LogP contribution >= 0.6 is 23.2 Å². The average Bonchev–Trinajstić information content (AvgIpc) is 2.98. The molecule has 2 aromatic carbocycles. The van der Waals surface area contributed by atoms with E-state index >= 15 is 0 Å². The average molecular weight is 667 g/mol. The summed E-state index contributed by atoms with van der Waals surface area (Å²) in [4.78, 5) is 61.2. The van der Waals surface area contributed by atoms with E-state index in [1.54, 1.807) is 20.0 Å². The Morgan fingerprint density at radius 2 is 1.44 bits per heavy atom. The van der Waals surface area contributed by atoms with Crippen molar-refractivity contribution in [3.05, 3.63) is 69.2 Å². The second-order valence-electron chi connectivity index (χ2n) is 10.8. The smallest absolute Gasteiger partial charge is 0.412 e. The van der Waals surface area contributed by atoms with Gasteiger partial charge in [0.05, 0.1) is 16.1 Å². The Morgan fingerprint density at radius 3 is 2.07 bits per heavy atom. The molecule has 0 aliphatic heterocycles. The van der Waals surface area contributed by atoms with E-state index in [4.69, 9.17) is 46.9 Å². The van der Waals surface area contributed by atoms with Crippen LogP contribution in [0.5, 0.6) is 0 Å². The van der Waals surface area contributed by atoms with Gasteiger partial charge in [-0.1, -0.05) is 60.5 Å². The van der Waals surface area contributed by atoms with Crippen molar-refractivity contribution < 1.29 is 47.7 Å². The number of fused-ring (bicyclic) bond motifs is 1. The summed E-state index contributed by atoms with van der Waals surface area (Å²) in [6.45, 7) is 2.87. The Bertz CT molecular complexity index is 1370. The highest BCUT2D eigenvalue weighted by molar-refractivity contribution is 6.42. The van der Waals surface area contributed by atoms with Gasteiger partial charge in [-0.15, -0.1) is 0 Å². The van der Waals surface area contributed by atoms with Crippen molar-refractivity contribution in [1.29, 1.82) is 0 Å². The Hall–Kier alpha value is -3.83. The number of amides is 1. The Kier molecular flexibility index (Phi) is 13.5. The third-order valence-corrected chi connectivity index (χ3v) is 7.98. The van der Waals surface area contributed by atoms with E-state index in [2.05, 4.69) is 0 Å². The molecule has 0 spiro atoms. The maximum absolute atomic E-state index is 12.9. The predicted octanol–water partition coefficient (Wildman–Crippen LogP) is 5.98. The first-order chi connectivity index (χ1) is 21.3. The molecule has 3 atom stereocenters. The van der Waals surface area contributed by atoms with E-state index in [1.807, 2.05) is 36.4 Å². The second kappa shape index (κ2) is 17.0. The molecule has 3 rings (SSSR count). The number of hydrogen-bond acceptors (Lipinski definition) is 10. The number of ether oxygens (including phenoxy) is 5. The minimum Gasteiger partial charge on any atom is -0.462 e. The Balaban J connectivity index is 1.47. The molecule has 1 aliphatic rings. The third kappa shape index (κ3) is 10.9. The molecule has 1 amide bonds. The van der Waals surface area contributed by atoms with Crippen LogP contribution in [-0.4, -0.2) is 68.0 Å². The van der Waals surface area contributed by atoms with E-state index in [0.717, 1.165) is 23.1 Å². The number of esters is 4. The second-order valence-corrected chi connectivity index (χ2v) is 11.6. The van der Waals surface area contributed by atoms with E-state index in [0.29, 0.717) is 16.5 Å². The lowest BCUT2D eigenvalue weighted by Gasteiger charge is -2.36. The van der Waals surface area contributed by atoms with Gasteiger partial charge in [-0.3, -0.25) is 19.2 Å². The van der Waals surface area contributed by atoms with Gasteiger partial charge in [-0.25, -0.2) is 4.79 Å². The molecule has 11 nitrogen and oxygen atoms in total. The first-order valence-electron chi connectivity index (χ1n) is 14.4. The quantitative estimate of drug-likeness (QED) is 0.143. The van der Waals surface area contributed by atoms with Gasteiger partial charge >= 0.3 is 30.0 Å².